The Morgan fingerprint density at radius 3 is 2.85 bits per heavy atom. The molecule has 1 heterocycles. The summed E-state index contributed by atoms with van der Waals surface area (Å²) in [4.78, 5) is 14.8. The highest BCUT2D eigenvalue weighted by Crippen LogP contribution is 2.01. The molecule has 0 radical (unpaired) electrons. The summed E-state index contributed by atoms with van der Waals surface area (Å²) in [7, 11) is 0. The summed E-state index contributed by atoms with van der Waals surface area (Å²) >= 11 is 0. The first-order chi connectivity index (χ1) is 6.34. The van der Waals surface area contributed by atoms with E-state index >= 15 is 0 Å². The van der Waals surface area contributed by atoms with Crippen LogP contribution in [0.2, 0.25) is 0 Å². The third-order valence-electron chi connectivity index (χ3n) is 1.25. The molecule has 0 N–H and O–H groups in total. The average Bonchev–Trinajstić information content (AvgIpc) is 2.70. The van der Waals surface area contributed by atoms with Gasteiger partial charge >= 0.3 is 0 Å². The largest absolute Gasteiger partial charge is 0.442 e. The van der Waals surface area contributed by atoms with Gasteiger partial charge in [0.15, 0.2) is 0 Å². The van der Waals surface area contributed by atoms with Gasteiger partial charge in [0.1, 0.15) is 6.26 Å². The van der Waals surface area contributed by atoms with E-state index in [4.69, 9.17) is 4.42 Å². The molecule has 0 spiro atoms. The molecule has 0 aliphatic heterocycles. The van der Waals surface area contributed by atoms with E-state index < -0.39 is 0 Å². The average molecular weight is 181 g/mol. The molecule has 0 aliphatic rings. The van der Waals surface area contributed by atoms with Gasteiger partial charge in [0.25, 0.3) is 5.89 Å². The van der Waals surface area contributed by atoms with Crippen molar-refractivity contribution in [3.05, 3.63) is 31.0 Å². The van der Waals surface area contributed by atoms with E-state index in [1.54, 1.807) is 6.08 Å². The molecule has 72 valence electrons. The number of oxazole rings is 1. The van der Waals surface area contributed by atoms with Crippen LogP contribution in [0.4, 0.5) is 0 Å². The molecule has 1 aromatic heterocycles. The first kappa shape index (κ1) is 11.6. The van der Waals surface area contributed by atoms with E-state index in [2.05, 4.69) is 11.6 Å². The minimum Gasteiger partial charge on any atom is -0.442 e. The molecule has 3 nitrogen and oxygen atoms in total. The summed E-state index contributed by atoms with van der Waals surface area (Å²) in [5.41, 5.74) is 0. The van der Waals surface area contributed by atoms with Crippen LogP contribution < -0.4 is 0 Å². The molecule has 0 amide bonds. The fraction of sp³-hybridized carbons (Fsp3) is 0.400. The lowest BCUT2D eigenvalue weighted by Gasteiger charge is -1.89. The van der Waals surface area contributed by atoms with Crippen molar-refractivity contribution in [1.82, 2.24) is 4.98 Å². The minimum atomic E-state index is -0.0742. The van der Waals surface area contributed by atoms with Gasteiger partial charge in [-0.1, -0.05) is 19.9 Å². The lowest BCUT2D eigenvalue weighted by molar-refractivity contribution is 0.0950. The number of rotatable bonds is 4. The van der Waals surface area contributed by atoms with Crippen LogP contribution in [0.5, 0.6) is 0 Å². The molecular formula is C10H15NO2. The number of allylic oxidation sites excluding steroid dienone is 1. The van der Waals surface area contributed by atoms with Crippen molar-refractivity contribution < 1.29 is 9.21 Å². The van der Waals surface area contributed by atoms with Gasteiger partial charge in [0.2, 0.25) is 5.78 Å². The zero-order valence-corrected chi connectivity index (χ0v) is 8.12. The maximum atomic E-state index is 11.1. The molecule has 0 bridgehead atoms. The van der Waals surface area contributed by atoms with Crippen LogP contribution in [-0.2, 0) is 0 Å². The zero-order valence-electron chi connectivity index (χ0n) is 8.12. The highest BCUT2D eigenvalue weighted by Gasteiger charge is 2.07. The molecule has 13 heavy (non-hydrogen) atoms. The van der Waals surface area contributed by atoms with Crippen LogP contribution in [0.15, 0.2) is 29.5 Å². The minimum absolute atomic E-state index is 0.0742. The number of hydrogen-bond donors (Lipinski definition) is 0. The Kier molecular flexibility index (Phi) is 6.51. The number of carbonyl (C=O) groups excluding carboxylic acids is 1. The Bertz CT molecular complexity index is 239. The van der Waals surface area contributed by atoms with Gasteiger partial charge in [-0.15, -0.1) is 6.58 Å². The van der Waals surface area contributed by atoms with Crippen LogP contribution in [0.1, 0.15) is 37.4 Å². The lowest BCUT2D eigenvalue weighted by Crippen LogP contribution is -1.97. The van der Waals surface area contributed by atoms with Crippen molar-refractivity contribution in [1.29, 1.82) is 0 Å². The molecule has 1 aromatic rings. The van der Waals surface area contributed by atoms with E-state index in [0.717, 1.165) is 0 Å². The molecular weight excluding hydrogens is 166 g/mol. The predicted octanol–water partition coefficient (Wildman–Crippen LogP) is 2.85. The number of carbonyl (C=O) groups is 1. The van der Waals surface area contributed by atoms with Crippen molar-refractivity contribution in [2.75, 3.05) is 0 Å². The number of hydrogen-bond acceptors (Lipinski definition) is 3. The van der Waals surface area contributed by atoms with E-state index in [1.165, 1.54) is 12.5 Å². The van der Waals surface area contributed by atoms with Gasteiger partial charge in [-0.2, -0.15) is 0 Å². The molecule has 0 saturated heterocycles. The van der Waals surface area contributed by atoms with E-state index in [1.807, 2.05) is 13.8 Å². The molecule has 3 heteroatoms. The van der Waals surface area contributed by atoms with E-state index in [-0.39, 0.29) is 11.7 Å². The summed E-state index contributed by atoms with van der Waals surface area (Å²) in [6.45, 7) is 7.51. The molecule has 1 rings (SSSR count). The first-order valence-electron chi connectivity index (χ1n) is 4.38. The van der Waals surface area contributed by atoms with E-state index in [9.17, 15) is 4.79 Å². The third-order valence-corrected chi connectivity index (χ3v) is 1.25. The van der Waals surface area contributed by atoms with Crippen molar-refractivity contribution in [3.63, 3.8) is 0 Å². The van der Waals surface area contributed by atoms with E-state index in [0.29, 0.717) is 12.8 Å². The summed E-state index contributed by atoms with van der Waals surface area (Å²) < 4.78 is 4.80. The van der Waals surface area contributed by atoms with Crippen LogP contribution in [0.3, 0.4) is 0 Å². The maximum absolute atomic E-state index is 11.1. The molecule has 0 aromatic carbocycles. The number of ketones is 1. The second kappa shape index (κ2) is 7.28. The van der Waals surface area contributed by atoms with Gasteiger partial charge in [0.05, 0.1) is 6.20 Å². The second-order valence-electron chi connectivity index (χ2n) is 2.09. The predicted molar refractivity (Wildman–Crippen MR) is 51.6 cm³/mol. The SMILES string of the molecule is C=CCCC(=O)c1ncco1.CC. The smallest absolute Gasteiger partial charge is 0.263 e. The topological polar surface area (TPSA) is 43.1 Å². The Hall–Kier alpha value is -1.38. The highest BCUT2D eigenvalue weighted by atomic mass is 16.3. The number of Topliss-reactive ketones (excluding diaryl/α,β-unsaturated/α-hetero) is 1. The Balaban J connectivity index is 0.000000671. The molecule has 0 atom stereocenters. The van der Waals surface area contributed by atoms with Crippen LogP contribution >= 0.6 is 0 Å². The number of aromatic nitrogens is 1. The van der Waals surface area contributed by atoms with Crippen LogP contribution in [0.25, 0.3) is 0 Å². The van der Waals surface area contributed by atoms with Gasteiger partial charge < -0.3 is 4.42 Å². The maximum Gasteiger partial charge on any atom is 0.263 e. The van der Waals surface area contributed by atoms with Gasteiger partial charge in [0, 0.05) is 6.42 Å². The Morgan fingerprint density at radius 2 is 2.38 bits per heavy atom. The van der Waals surface area contributed by atoms with Crippen LogP contribution in [-0.4, -0.2) is 10.8 Å². The fourth-order valence-electron chi connectivity index (χ4n) is 0.701. The van der Waals surface area contributed by atoms with Crippen molar-refractivity contribution in [2.45, 2.75) is 26.7 Å². The fourth-order valence-corrected chi connectivity index (χ4v) is 0.701. The van der Waals surface area contributed by atoms with Gasteiger partial charge in [-0.05, 0) is 6.42 Å². The lowest BCUT2D eigenvalue weighted by atomic mass is 10.2. The zero-order chi connectivity index (χ0) is 10.1. The quantitative estimate of drug-likeness (QED) is 0.530. The molecule has 0 unspecified atom stereocenters. The second-order valence-corrected chi connectivity index (χ2v) is 2.09. The summed E-state index contributed by atoms with van der Waals surface area (Å²) in [5, 5.41) is 0. The summed E-state index contributed by atoms with van der Waals surface area (Å²) in [6, 6.07) is 0. The van der Waals surface area contributed by atoms with Gasteiger partial charge in [-0.3, -0.25) is 4.79 Å². The standard InChI is InChI=1S/C8H9NO2.C2H6/c1-2-3-4-7(10)8-9-5-6-11-8;1-2/h2,5-6H,1,3-4H2;1-2H3. The third kappa shape index (κ3) is 4.25. The van der Waals surface area contributed by atoms with Crippen LogP contribution in [0, 0.1) is 0 Å². The Labute approximate surface area is 78.5 Å². The van der Waals surface area contributed by atoms with Crippen molar-refractivity contribution >= 4 is 5.78 Å². The summed E-state index contributed by atoms with van der Waals surface area (Å²) in [6.07, 6.45) is 5.63. The Morgan fingerprint density at radius 1 is 1.69 bits per heavy atom. The summed E-state index contributed by atoms with van der Waals surface area (Å²) in [5.74, 6) is 0.113. The van der Waals surface area contributed by atoms with Gasteiger partial charge in [-0.25, -0.2) is 4.98 Å². The number of nitrogens with zero attached hydrogens (tertiary/aromatic N) is 1. The monoisotopic (exact) mass is 181 g/mol. The first-order valence-corrected chi connectivity index (χ1v) is 4.38. The molecule has 0 aliphatic carbocycles. The van der Waals surface area contributed by atoms with Crippen molar-refractivity contribution in [2.24, 2.45) is 0 Å². The molecule has 0 fully saturated rings. The normalized spacial score (nSPS) is 8.46. The van der Waals surface area contributed by atoms with Crippen molar-refractivity contribution in [3.8, 4) is 0 Å². The highest BCUT2D eigenvalue weighted by molar-refractivity contribution is 5.91. The molecule has 0 saturated carbocycles.